The summed E-state index contributed by atoms with van der Waals surface area (Å²) in [6.07, 6.45) is 4.24. The molecule has 3 rings (SSSR count). The van der Waals surface area contributed by atoms with Crippen LogP contribution in [0.4, 0.5) is 11.8 Å². The van der Waals surface area contributed by atoms with Crippen LogP contribution in [0.25, 0.3) is 0 Å². The molecular weight excluding hydrogens is 344 g/mol. The highest BCUT2D eigenvalue weighted by molar-refractivity contribution is 5.78. The number of nitrogens with one attached hydrogen (secondary N) is 1. The number of nitrogens with zero attached hydrogens (tertiary/aromatic N) is 4. The number of amides is 1. The lowest BCUT2D eigenvalue weighted by molar-refractivity contribution is -0.127. The first kappa shape index (κ1) is 19.8. The summed E-state index contributed by atoms with van der Waals surface area (Å²) in [6, 6.07) is 2.54. The molecule has 27 heavy (non-hydrogen) atoms. The fraction of sp³-hybridized carbons (Fsp3) is 0.737. The van der Waals surface area contributed by atoms with Crippen LogP contribution in [0.3, 0.4) is 0 Å². The van der Waals surface area contributed by atoms with E-state index in [4.69, 9.17) is 10.5 Å². The molecule has 2 saturated heterocycles. The maximum absolute atomic E-state index is 12.4. The summed E-state index contributed by atoms with van der Waals surface area (Å²) in [4.78, 5) is 25.7. The minimum absolute atomic E-state index is 0.0953. The molecule has 2 aliphatic rings. The van der Waals surface area contributed by atoms with E-state index in [1.165, 1.54) is 0 Å². The molecular formula is C19H32N6O2. The van der Waals surface area contributed by atoms with Crippen molar-refractivity contribution in [2.45, 2.75) is 38.6 Å². The zero-order chi connectivity index (χ0) is 19.2. The molecule has 0 spiro atoms. The fourth-order valence-corrected chi connectivity index (χ4v) is 4.17. The van der Waals surface area contributed by atoms with Crippen LogP contribution in [0.1, 0.15) is 31.4 Å². The van der Waals surface area contributed by atoms with Crippen LogP contribution in [-0.4, -0.2) is 73.3 Å². The van der Waals surface area contributed by atoms with Gasteiger partial charge in [-0.2, -0.15) is 4.98 Å². The van der Waals surface area contributed by atoms with Gasteiger partial charge in [-0.1, -0.05) is 0 Å². The van der Waals surface area contributed by atoms with Crippen LogP contribution in [0.5, 0.6) is 0 Å². The third-order valence-electron chi connectivity index (χ3n) is 5.59. The molecule has 0 bridgehead atoms. The summed E-state index contributed by atoms with van der Waals surface area (Å²) >= 11 is 0. The van der Waals surface area contributed by atoms with Crippen molar-refractivity contribution in [3.05, 3.63) is 11.8 Å². The smallest absolute Gasteiger partial charge is 0.224 e. The van der Waals surface area contributed by atoms with E-state index in [0.29, 0.717) is 25.1 Å². The summed E-state index contributed by atoms with van der Waals surface area (Å²) < 4.78 is 5.01. The van der Waals surface area contributed by atoms with Gasteiger partial charge in [0, 0.05) is 51.1 Å². The lowest BCUT2D eigenvalue weighted by atomic mass is 9.93. The fourth-order valence-electron chi connectivity index (χ4n) is 4.17. The molecule has 3 N–H and O–H groups in total. The number of nitrogen functional groups attached to an aromatic ring is 1. The Morgan fingerprint density at radius 1 is 1.30 bits per heavy atom. The molecule has 0 aliphatic carbocycles. The van der Waals surface area contributed by atoms with Gasteiger partial charge in [0.2, 0.25) is 11.9 Å². The van der Waals surface area contributed by atoms with Gasteiger partial charge in [-0.3, -0.25) is 9.69 Å². The second-order valence-corrected chi connectivity index (χ2v) is 7.56. The zero-order valence-electron chi connectivity index (χ0n) is 16.5. The predicted molar refractivity (Wildman–Crippen MR) is 106 cm³/mol. The van der Waals surface area contributed by atoms with Gasteiger partial charge in [-0.05, 0) is 39.2 Å². The van der Waals surface area contributed by atoms with E-state index >= 15 is 0 Å². The van der Waals surface area contributed by atoms with Crippen LogP contribution >= 0.6 is 0 Å². The highest BCUT2D eigenvalue weighted by Gasteiger charge is 2.31. The van der Waals surface area contributed by atoms with Crippen LogP contribution in [-0.2, 0) is 9.53 Å². The van der Waals surface area contributed by atoms with Crippen LogP contribution < -0.4 is 16.0 Å². The van der Waals surface area contributed by atoms with Crippen molar-refractivity contribution in [2.75, 3.05) is 57.1 Å². The maximum atomic E-state index is 12.4. The Bertz CT molecular complexity index is 612. The van der Waals surface area contributed by atoms with Crippen molar-refractivity contribution in [1.29, 1.82) is 0 Å². The molecule has 150 valence electrons. The number of carbonyl (C=O) groups is 1. The van der Waals surface area contributed by atoms with Crippen molar-refractivity contribution in [1.82, 2.24) is 20.2 Å². The summed E-state index contributed by atoms with van der Waals surface area (Å²) in [5.74, 6) is 1.53. The molecule has 8 nitrogen and oxygen atoms in total. The number of methoxy groups -OCH3 is 1. The highest BCUT2D eigenvalue weighted by Crippen LogP contribution is 2.26. The lowest BCUT2D eigenvalue weighted by Crippen LogP contribution is -2.51. The number of hydrogen-bond donors (Lipinski definition) is 2. The lowest BCUT2D eigenvalue weighted by Gasteiger charge is -2.42. The van der Waals surface area contributed by atoms with E-state index in [9.17, 15) is 4.79 Å². The Hall–Kier alpha value is -1.93. The van der Waals surface area contributed by atoms with E-state index in [0.717, 1.165) is 63.4 Å². The minimum atomic E-state index is 0.0953. The van der Waals surface area contributed by atoms with Crippen LogP contribution in [0, 0.1) is 12.8 Å². The Labute approximate surface area is 161 Å². The Kier molecular flexibility index (Phi) is 6.84. The van der Waals surface area contributed by atoms with E-state index < -0.39 is 0 Å². The Morgan fingerprint density at radius 3 is 2.78 bits per heavy atom. The average Bonchev–Trinajstić information content (AvgIpc) is 2.67. The van der Waals surface area contributed by atoms with E-state index in [1.54, 1.807) is 7.11 Å². The Morgan fingerprint density at radius 2 is 2.07 bits per heavy atom. The number of piperidine rings is 2. The number of aromatic nitrogens is 2. The third kappa shape index (κ3) is 5.29. The number of hydrogen-bond acceptors (Lipinski definition) is 7. The number of aryl methyl sites for hydroxylation is 1. The molecule has 0 unspecified atom stereocenters. The first-order chi connectivity index (χ1) is 13.1. The van der Waals surface area contributed by atoms with E-state index in [2.05, 4.69) is 25.1 Å². The van der Waals surface area contributed by atoms with Crippen molar-refractivity contribution in [3.8, 4) is 0 Å². The molecule has 8 heteroatoms. The van der Waals surface area contributed by atoms with Crippen LogP contribution in [0.2, 0.25) is 0 Å². The van der Waals surface area contributed by atoms with Crippen LogP contribution in [0.15, 0.2) is 6.07 Å². The van der Waals surface area contributed by atoms with Crippen molar-refractivity contribution >= 4 is 17.7 Å². The SMILES string of the molecule is COCCNC(=O)[C@@H]1CCCN(C2CCN(c3cc(C)nc(N)n3)CC2)C1. The minimum Gasteiger partial charge on any atom is -0.383 e. The van der Waals surface area contributed by atoms with E-state index in [-0.39, 0.29) is 11.8 Å². The second-order valence-electron chi connectivity index (χ2n) is 7.56. The third-order valence-corrected chi connectivity index (χ3v) is 5.59. The topological polar surface area (TPSA) is 96.6 Å². The summed E-state index contributed by atoms with van der Waals surface area (Å²) in [6.45, 7) is 6.97. The molecule has 0 aromatic carbocycles. The normalized spacial score (nSPS) is 22.0. The number of carbonyl (C=O) groups excluding carboxylic acids is 1. The van der Waals surface area contributed by atoms with Gasteiger partial charge in [-0.25, -0.2) is 4.98 Å². The summed E-state index contributed by atoms with van der Waals surface area (Å²) in [5.41, 5.74) is 6.70. The van der Waals surface area contributed by atoms with Gasteiger partial charge in [-0.15, -0.1) is 0 Å². The summed E-state index contributed by atoms with van der Waals surface area (Å²) in [7, 11) is 1.65. The standard InChI is InChI=1S/C19H32N6O2/c1-14-12-17(23-19(20)22-14)24-9-5-16(6-10-24)25-8-3-4-15(13-25)18(26)21-7-11-27-2/h12,15-16H,3-11,13H2,1-2H3,(H,21,26)(H2,20,22,23)/t15-/m1/s1. The molecule has 3 heterocycles. The van der Waals surface area contributed by atoms with Gasteiger partial charge >= 0.3 is 0 Å². The zero-order valence-corrected chi connectivity index (χ0v) is 16.5. The first-order valence-electron chi connectivity index (χ1n) is 9.93. The second kappa shape index (κ2) is 9.32. The molecule has 2 aliphatic heterocycles. The number of nitrogens with two attached hydrogens (primary N) is 1. The maximum Gasteiger partial charge on any atom is 0.224 e. The van der Waals surface area contributed by atoms with Gasteiger partial charge in [0.25, 0.3) is 0 Å². The summed E-state index contributed by atoms with van der Waals surface area (Å²) in [5, 5.41) is 2.99. The van der Waals surface area contributed by atoms with Crippen molar-refractivity contribution < 1.29 is 9.53 Å². The highest BCUT2D eigenvalue weighted by atomic mass is 16.5. The number of rotatable bonds is 6. The quantitative estimate of drug-likeness (QED) is 0.709. The predicted octanol–water partition coefficient (Wildman–Crippen LogP) is 0.811. The number of likely N-dealkylation sites (tertiary alicyclic amines) is 1. The van der Waals surface area contributed by atoms with Crippen molar-refractivity contribution in [2.24, 2.45) is 5.92 Å². The molecule has 1 aromatic heterocycles. The number of ether oxygens (including phenoxy) is 1. The monoisotopic (exact) mass is 376 g/mol. The molecule has 0 radical (unpaired) electrons. The van der Waals surface area contributed by atoms with Gasteiger partial charge in [0.15, 0.2) is 0 Å². The van der Waals surface area contributed by atoms with Gasteiger partial charge < -0.3 is 20.7 Å². The Balaban J connectivity index is 1.50. The van der Waals surface area contributed by atoms with Gasteiger partial charge in [0.1, 0.15) is 5.82 Å². The molecule has 1 amide bonds. The molecule has 2 fully saturated rings. The molecule has 1 aromatic rings. The number of anilines is 2. The largest absolute Gasteiger partial charge is 0.383 e. The van der Waals surface area contributed by atoms with Gasteiger partial charge in [0.05, 0.1) is 12.5 Å². The molecule has 0 saturated carbocycles. The first-order valence-corrected chi connectivity index (χ1v) is 9.93. The van der Waals surface area contributed by atoms with E-state index in [1.807, 2.05) is 13.0 Å². The van der Waals surface area contributed by atoms with Crippen molar-refractivity contribution in [3.63, 3.8) is 0 Å². The average molecular weight is 377 g/mol. The molecule has 1 atom stereocenters.